The molecule has 0 unspecified atom stereocenters. The van der Waals surface area contributed by atoms with Gasteiger partial charge in [-0.25, -0.2) is 13.2 Å². The molecule has 0 N–H and O–H groups in total. The molecule has 1 saturated heterocycles. The largest absolute Gasteiger partial charge is 0.487 e. The van der Waals surface area contributed by atoms with Crippen molar-refractivity contribution in [2.24, 2.45) is 0 Å². The Morgan fingerprint density at radius 3 is 1.89 bits per heavy atom. The molecule has 3 aromatic rings. The van der Waals surface area contributed by atoms with Crippen LogP contribution in [0, 0.1) is 17.5 Å². The van der Waals surface area contributed by atoms with Crippen LogP contribution in [0.4, 0.5) is 26.3 Å². The third-order valence-electron chi connectivity index (χ3n) is 5.47. The lowest BCUT2D eigenvalue weighted by molar-refractivity contribution is -0.190. The number of methoxy groups -OCH3 is 1. The second-order valence-electron chi connectivity index (χ2n) is 8.27. The third-order valence-corrected chi connectivity index (χ3v) is 5.55. The Hall–Kier alpha value is -2.79. The molecule has 3 aromatic carbocycles. The Morgan fingerprint density at radius 1 is 0.895 bits per heavy atom. The van der Waals surface area contributed by atoms with Gasteiger partial charge < -0.3 is 18.9 Å². The summed E-state index contributed by atoms with van der Waals surface area (Å²) in [6.45, 7) is 1.38. The smallest absolute Gasteiger partial charge is 0.414 e. The van der Waals surface area contributed by atoms with Gasteiger partial charge >= 0.3 is 5.57 Å². The second-order valence-corrected chi connectivity index (χ2v) is 8.71. The van der Waals surface area contributed by atoms with Crippen LogP contribution in [0.15, 0.2) is 60.7 Å². The molecule has 4 nitrogen and oxygen atoms in total. The zero-order valence-electron chi connectivity index (χ0n) is 20.2. The molecule has 1 aliphatic heterocycles. The molecule has 206 valence electrons. The second kappa shape index (κ2) is 13.8. The molecular weight excluding hydrogens is 538 g/mol. The maximum Gasteiger partial charge on any atom is 0.487 e. The lowest BCUT2D eigenvalue weighted by Gasteiger charge is -2.29. The van der Waals surface area contributed by atoms with Gasteiger partial charge in [0.25, 0.3) is 0 Å². The van der Waals surface area contributed by atoms with Crippen LogP contribution >= 0.6 is 11.6 Å². The summed E-state index contributed by atoms with van der Waals surface area (Å²) in [4.78, 5) is 0. The van der Waals surface area contributed by atoms with E-state index in [1.54, 1.807) is 7.11 Å². The Bertz CT molecular complexity index is 1120. The van der Waals surface area contributed by atoms with Crippen molar-refractivity contribution in [3.8, 4) is 16.9 Å². The maximum atomic E-state index is 12.6. The molecule has 0 radical (unpaired) electrons. The first kappa shape index (κ1) is 29.8. The molecule has 38 heavy (non-hydrogen) atoms. The molecule has 0 atom stereocenters. The number of benzene rings is 3. The fourth-order valence-corrected chi connectivity index (χ4v) is 3.72. The van der Waals surface area contributed by atoms with E-state index in [2.05, 4.69) is 64.9 Å². The van der Waals surface area contributed by atoms with Gasteiger partial charge in [0, 0.05) is 43.2 Å². The van der Waals surface area contributed by atoms with Crippen molar-refractivity contribution < 1.29 is 45.3 Å². The number of ether oxygens (including phenoxy) is 4. The van der Waals surface area contributed by atoms with Crippen molar-refractivity contribution in [1.82, 2.24) is 0 Å². The Labute approximate surface area is 221 Å². The number of halogens is 7. The van der Waals surface area contributed by atoms with Gasteiger partial charge in [-0.3, -0.25) is 4.39 Å². The standard InChI is InChI=1S/C20H23FO3.C7H2ClF5O/c1-22-12-15-2-4-16(5-3-15)17-6-8-18(9-7-17)19-13-23-20(10-11-21)24-14-19;8-7(12,13)14-6-4(10)1-3(9)2-5(6)11/h2-9,19-20H,10-14H2,1H3;1-2H. The minimum atomic E-state index is -4.25. The summed E-state index contributed by atoms with van der Waals surface area (Å²) in [6, 6.07) is 17.2. The molecule has 0 amide bonds. The first-order valence-electron chi connectivity index (χ1n) is 11.5. The molecule has 0 saturated carbocycles. The average molecular weight is 563 g/mol. The number of hydrogen-bond donors (Lipinski definition) is 0. The molecule has 0 aliphatic carbocycles. The van der Waals surface area contributed by atoms with Gasteiger partial charge in [-0.15, -0.1) is 8.78 Å². The van der Waals surface area contributed by atoms with E-state index in [1.165, 1.54) is 16.7 Å². The highest BCUT2D eigenvalue weighted by atomic mass is 35.5. The van der Waals surface area contributed by atoms with Crippen molar-refractivity contribution in [2.75, 3.05) is 27.0 Å². The van der Waals surface area contributed by atoms with E-state index in [9.17, 15) is 26.3 Å². The lowest BCUT2D eigenvalue weighted by atomic mass is 9.96. The van der Waals surface area contributed by atoms with E-state index < -0.39 is 41.7 Å². The number of hydrogen-bond acceptors (Lipinski definition) is 4. The van der Waals surface area contributed by atoms with Crippen LogP contribution in [0.2, 0.25) is 0 Å². The molecule has 11 heteroatoms. The summed E-state index contributed by atoms with van der Waals surface area (Å²) in [6.07, 6.45) is -0.0822. The zero-order chi connectivity index (χ0) is 27.7. The molecule has 1 fully saturated rings. The molecule has 1 aliphatic rings. The SMILES string of the molecule is COCc1ccc(-c2ccc(C3COC(CCF)OC3)cc2)cc1.Fc1cc(F)c(OC(F)(F)Cl)c(F)c1. The van der Waals surface area contributed by atoms with E-state index in [4.69, 9.17) is 14.2 Å². The zero-order valence-corrected chi connectivity index (χ0v) is 21.0. The molecule has 4 rings (SSSR count). The normalized spacial score (nSPS) is 17.5. The summed E-state index contributed by atoms with van der Waals surface area (Å²) in [7, 11) is 1.70. The molecule has 0 aromatic heterocycles. The van der Waals surface area contributed by atoms with Gasteiger partial charge in [-0.1, -0.05) is 48.5 Å². The van der Waals surface area contributed by atoms with E-state index in [1.807, 2.05) is 0 Å². The summed E-state index contributed by atoms with van der Waals surface area (Å²) in [5, 5.41) is 0. The summed E-state index contributed by atoms with van der Waals surface area (Å²) >= 11 is 4.27. The Morgan fingerprint density at radius 2 is 1.42 bits per heavy atom. The predicted octanol–water partition coefficient (Wildman–Crippen LogP) is 7.59. The van der Waals surface area contributed by atoms with Crippen LogP contribution in [0.25, 0.3) is 11.1 Å². The van der Waals surface area contributed by atoms with Crippen LogP contribution in [-0.2, 0) is 20.8 Å². The highest BCUT2D eigenvalue weighted by Crippen LogP contribution is 2.30. The van der Waals surface area contributed by atoms with Crippen molar-refractivity contribution in [3.63, 3.8) is 0 Å². The maximum absolute atomic E-state index is 12.6. The van der Waals surface area contributed by atoms with Crippen LogP contribution in [0.1, 0.15) is 23.5 Å². The highest BCUT2D eigenvalue weighted by Gasteiger charge is 2.31. The average Bonchev–Trinajstić information content (AvgIpc) is 2.88. The van der Waals surface area contributed by atoms with Gasteiger partial charge in [0.15, 0.2) is 23.7 Å². The minimum absolute atomic E-state index is 0.195. The van der Waals surface area contributed by atoms with Gasteiger partial charge in [-0.05, 0) is 22.3 Å². The van der Waals surface area contributed by atoms with Crippen LogP contribution in [-0.4, -0.2) is 38.9 Å². The Kier molecular flexibility index (Phi) is 10.8. The molecule has 0 spiro atoms. The quantitative estimate of drug-likeness (QED) is 0.209. The van der Waals surface area contributed by atoms with E-state index in [-0.39, 0.29) is 18.1 Å². The molecule has 1 heterocycles. The topological polar surface area (TPSA) is 36.9 Å². The van der Waals surface area contributed by atoms with Gasteiger partial charge in [0.2, 0.25) is 0 Å². The van der Waals surface area contributed by atoms with Crippen LogP contribution in [0.5, 0.6) is 5.75 Å². The first-order valence-corrected chi connectivity index (χ1v) is 11.8. The molecular formula is C27H25ClF6O4. The highest BCUT2D eigenvalue weighted by molar-refractivity contribution is 6.20. The molecule has 0 bridgehead atoms. The first-order chi connectivity index (χ1) is 18.1. The third kappa shape index (κ3) is 8.90. The number of rotatable bonds is 8. The summed E-state index contributed by atoms with van der Waals surface area (Å²) in [5.74, 6) is -5.65. The van der Waals surface area contributed by atoms with E-state index in [0.29, 0.717) is 26.2 Å². The van der Waals surface area contributed by atoms with Crippen LogP contribution < -0.4 is 4.74 Å². The lowest BCUT2D eigenvalue weighted by Crippen LogP contribution is -2.31. The van der Waals surface area contributed by atoms with E-state index >= 15 is 0 Å². The van der Waals surface area contributed by atoms with Crippen molar-refractivity contribution in [3.05, 3.63) is 89.2 Å². The fourth-order valence-electron chi connectivity index (χ4n) is 3.64. The summed E-state index contributed by atoms with van der Waals surface area (Å²) in [5.41, 5.74) is 0.460. The van der Waals surface area contributed by atoms with Crippen molar-refractivity contribution in [2.45, 2.75) is 30.8 Å². The minimum Gasteiger partial charge on any atom is -0.414 e. The number of alkyl halides is 4. The van der Waals surface area contributed by atoms with Gasteiger partial charge in [0.05, 0.1) is 26.5 Å². The van der Waals surface area contributed by atoms with Crippen LogP contribution in [0.3, 0.4) is 0 Å². The monoisotopic (exact) mass is 562 g/mol. The van der Waals surface area contributed by atoms with Crippen molar-refractivity contribution >= 4 is 11.6 Å². The van der Waals surface area contributed by atoms with Gasteiger partial charge in [-0.2, -0.15) is 0 Å². The van der Waals surface area contributed by atoms with E-state index in [0.717, 1.165) is 5.56 Å². The van der Waals surface area contributed by atoms with Gasteiger partial charge in [0.1, 0.15) is 5.82 Å². The predicted molar refractivity (Wildman–Crippen MR) is 129 cm³/mol. The fraction of sp³-hybridized carbons (Fsp3) is 0.333. The van der Waals surface area contributed by atoms with Crippen molar-refractivity contribution in [1.29, 1.82) is 0 Å². The Balaban J connectivity index is 0.000000244. The summed E-state index contributed by atoms with van der Waals surface area (Å²) < 4.78 is 93.5.